The smallest absolute Gasteiger partial charge is 0.293 e. The van der Waals surface area contributed by atoms with Crippen LogP contribution in [0.15, 0.2) is 45.9 Å². The molecule has 0 aliphatic carbocycles. The molecule has 2 heterocycles. The molecule has 0 saturated carbocycles. The van der Waals surface area contributed by atoms with Gasteiger partial charge in [-0.1, -0.05) is 12.1 Å². The normalized spacial score (nSPS) is 10.9. The molecular formula is C18H21BrN6O2. The highest BCUT2D eigenvalue weighted by atomic mass is 79.9. The molecule has 3 rings (SSSR count). The van der Waals surface area contributed by atoms with Crippen LogP contribution in [0.5, 0.6) is 0 Å². The quantitative estimate of drug-likeness (QED) is 0.613. The molecule has 1 aromatic carbocycles. The van der Waals surface area contributed by atoms with E-state index in [1.54, 1.807) is 34.4 Å². The van der Waals surface area contributed by atoms with E-state index in [0.29, 0.717) is 25.5 Å². The van der Waals surface area contributed by atoms with Gasteiger partial charge in [0, 0.05) is 39.8 Å². The van der Waals surface area contributed by atoms with Gasteiger partial charge in [-0.15, -0.1) is 0 Å². The van der Waals surface area contributed by atoms with Crippen LogP contribution in [0.4, 0.5) is 5.82 Å². The number of aryl methyl sites for hydroxylation is 1. The van der Waals surface area contributed by atoms with Crippen molar-refractivity contribution in [3.8, 4) is 0 Å². The van der Waals surface area contributed by atoms with E-state index in [4.69, 9.17) is 0 Å². The Labute approximate surface area is 164 Å². The number of para-hydroxylation sites is 2. The number of carbonyl (C=O) groups is 1. The van der Waals surface area contributed by atoms with Crippen LogP contribution in [-0.4, -0.2) is 45.9 Å². The Morgan fingerprint density at radius 1 is 1.26 bits per heavy atom. The molecule has 0 saturated heterocycles. The van der Waals surface area contributed by atoms with E-state index in [2.05, 4.69) is 31.3 Å². The summed E-state index contributed by atoms with van der Waals surface area (Å²) in [4.78, 5) is 31.0. The van der Waals surface area contributed by atoms with Gasteiger partial charge in [-0.2, -0.15) is 5.10 Å². The lowest BCUT2D eigenvalue weighted by Crippen LogP contribution is -2.32. The number of hydrogen-bond acceptors (Lipinski definition) is 5. The second-order valence-electron chi connectivity index (χ2n) is 6.30. The monoisotopic (exact) mass is 432 g/mol. The van der Waals surface area contributed by atoms with Crippen molar-refractivity contribution in [2.45, 2.75) is 19.5 Å². The molecule has 0 aliphatic heterocycles. The van der Waals surface area contributed by atoms with Crippen LogP contribution >= 0.6 is 15.9 Å². The summed E-state index contributed by atoms with van der Waals surface area (Å²) < 4.78 is 4.26. The van der Waals surface area contributed by atoms with Crippen LogP contribution < -0.4 is 15.8 Å². The Hall–Kier alpha value is -2.68. The van der Waals surface area contributed by atoms with E-state index < -0.39 is 0 Å². The van der Waals surface area contributed by atoms with Crippen molar-refractivity contribution in [2.75, 3.05) is 25.5 Å². The Morgan fingerprint density at radius 2 is 2.04 bits per heavy atom. The Bertz CT molecular complexity index is 1010. The molecule has 2 aromatic heterocycles. The highest BCUT2D eigenvalue weighted by Crippen LogP contribution is 2.13. The molecule has 0 bridgehead atoms. The van der Waals surface area contributed by atoms with Gasteiger partial charge in [-0.25, -0.2) is 4.98 Å². The fourth-order valence-corrected chi connectivity index (χ4v) is 3.09. The van der Waals surface area contributed by atoms with Gasteiger partial charge in [0.25, 0.3) is 5.56 Å². The highest BCUT2D eigenvalue weighted by Gasteiger charge is 2.13. The molecule has 1 N–H and O–H groups in total. The minimum absolute atomic E-state index is 0.111. The number of halogens is 1. The van der Waals surface area contributed by atoms with Gasteiger partial charge in [0.1, 0.15) is 0 Å². The van der Waals surface area contributed by atoms with Crippen LogP contribution in [0.1, 0.15) is 6.42 Å². The summed E-state index contributed by atoms with van der Waals surface area (Å²) in [6.07, 6.45) is 3.76. The number of carbonyl (C=O) groups excluding carboxylic acids is 1. The fourth-order valence-electron chi connectivity index (χ4n) is 2.76. The first kappa shape index (κ1) is 19.1. The van der Waals surface area contributed by atoms with Gasteiger partial charge in [0.15, 0.2) is 5.82 Å². The maximum absolute atomic E-state index is 12.7. The van der Waals surface area contributed by atoms with Crippen LogP contribution in [0, 0.1) is 0 Å². The summed E-state index contributed by atoms with van der Waals surface area (Å²) in [5.74, 6) is 0.249. The molecule has 1 amide bonds. The van der Waals surface area contributed by atoms with E-state index in [0.717, 1.165) is 15.5 Å². The number of benzene rings is 1. The number of aromatic nitrogens is 4. The maximum Gasteiger partial charge on any atom is 0.293 e. The first-order valence-corrected chi connectivity index (χ1v) is 9.36. The molecule has 0 spiro atoms. The average molecular weight is 433 g/mol. The fraction of sp³-hybridized carbons (Fsp3) is 0.333. The van der Waals surface area contributed by atoms with Crippen molar-refractivity contribution in [3.05, 3.63) is 51.5 Å². The van der Waals surface area contributed by atoms with E-state index >= 15 is 0 Å². The summed E-state index contributed by atoms with van der Waals surface area (Å²) >= 11 is 3.33. The van der Waals surface area contributed by atoms with E-state index in [9.17, 15) is 9.59 Å². The zero-order valence-electron chi connectivity index (χ0n) is 15.2. The number of amides is 1. The largest absolute Gasteiger partial charge is 0.358 e. The van der Waals surface area contributed by atoms with Crippen molar-refractivity contribution < 1.29 is 4.79 Å². The SMILES string of the molecule is CN(C)c1nc2ccccc2n(CCC(=O)NCCn2cc(Br)cn2)c1=O. The van der Waals surface area contributed by atoms with Crippen molar-refractivity contribution >= 4 is 38.7 Å². The van der Waals surface area contributed by atoms with Gasteiger partial charge in [0.2, 0.25) is 5.91 Å². The Balaban J connectivity index is 1.68. The molecule has 27 heavy (non-hydrogen) atoms. The zero-order valence-corrected chi connectivity index (χ0v) is 16.8. The van der Waals surface area contributed by atoms with E-state index in [-0.39, 0.29) is 17.9 Å². The summed E-state index contributed by atoms with van der Waals surface area (Å²) in [6, 6.07) is 7.44. The minimum atomic E-state index is -0.201. The number of anilines is 1. The summed E-state index contributed by atoms with van der Waals surface area (Å²) in [5, 5.41) is 7.00. The van der Waals surface area contributed by atoms with Gasteiger partial charge >= 0.3 is 0 Å². The third kappa shape index (κ3) is 4.54. The first-order chi connectivity index (χ1) is 13.0. The van der Waals surface area contributed by atoms with E-state index in [1.807, 2.05) is 30.5 Å². The van der Waals surface area contributed by atoms with Gasteiger partial charge in [-0.05, 0) is 28.1 Å². The number of nitrogens with zero attached hydrogens (tertiary/aromatic N) is 5. The molecule has 0 fully saturated rings. The topological polar surface area (TPSA) is 85.1 Å². The van der Waals surface area contributed by atoms with E-state index in [1.165, 1.54) is 0 Å². The van der Waals surface area contributed by atoms with Crippen LogP contribution in [0.3, 0.4) is 0 Å². The van der Waals surface area contributed by atoms with Crippen molar-refractivity contribution in [3.63, 3.8) is 0 Å². The molecule has 8 nitrogen and oxygen atoms in total. The number of fused-ring (bicyclic) bond motifs is 1. The highest BCUT2D eigenvalue weighted by molar-refractivity contribution is 9.10. The van der Waals surface area contributed by atoms with Gasteiger partial charge < -0.3 is 14.8 Å². The van der Waals surface area contributed by atoms with Crippen LogP contribution in [0.2, 0.25) is 0 Å². The summed E-state index contributed by atoms with van der Waals surface area (Å²) in [7, 11) is 3.56. The average Bonchev–Trinajstić information content (AvgIpc) is 3.05. The third-order valence-corrected chi connectivity index (χ3v) is 4.50. The molecule has 142 valence electrons. The Kier molecular flexibility index (Phi) is 5.90. The standard InChI is InChI=1S/C18H21BrN6O2/c1-23(2)17-18(27)25(15-6-4-3-5-14(15)22-17)9-7-16(26)20-8-10-24-12-13(19)11-21-24/h3-6,11-12H,7-10H2,1-2H3,(H,20,26). The predicted molar refractivity (Wildman–Crippen MR) is 108 cm³/mol. The van der Waals surface area contributed by atoms with Crippen LogP contribution in [-0.2, 0) is 17.9 Å². The second kappa shape index (κ2) is 8.34. The zero-order chi connectivity index (χ0) is 19.4. The first-order valence-electron chi connectivity index (χ1n) is 8.57. The van der Waals surface area contributed by atoms with Crippen LogP contribution in [0.25, 0.3) is 11.0 Å². The lowest BCUT2D eigenvalue weighted by atomic mass is 10.2. The van der Waals surface area contributed by atoms with Crippen molar-refractivity contribution in [2.24, 2.45) is 0 Å². The third-order valence-electron chi connectivity index (χ3n) is 4.09. The number of nitrogens with one attached hydrogen (secondary N) is 1. The minimum Gasteiger partial charge on any atom is -0.358 e. The second-order valence-corrected chi connectivity index (χ2v) is 7.21. The maximum atomic E-state index is 12.7. The van der Waals surface area contributed by atoms with Crippen molar-refractivity contribution in [1.82, 2.24) is 24.6 Å². The molecule has 0 unspecified atom stereocenters. The lowest BCUT2D eigenvalue weighted by molar-refractivity contribution is -0.121. The molecule has 0 radical (unpaired) electrons. The number of rotatable bonds is 7. The summed E-state index contributed by atoms with van der Waals surface area (Å²) in [5.41, 5.74) is 1.25. The number of hydrogen-bond donors (Lipinski definition) is 1. The van der Waals surface area contributed by atoms with Crippen molar-refractivity contribution in [1.29, 1.82) is 0 Å². The molecule has 9 heteroatoms. The molecule has 3 aromatic rings. The predicted octanol–water partition coefficient (Wildman–Crippen LogP) is 1.63. The van der Waals surface area contributed by atoms with Gasteiger partial charge in [-0.3, -0.25) is 14.3 Å². The summed E-state index contributed by atoms with van der Waals surface area (Å²) in [6.45, 7) is 1.35. The lowest BCUT2D eigenvalue weighted by Gasteiger charge is -2.16. The Morgan fingerprint density at radius 3 is 2.74 bits per heavy atom. The molecule has 0 atom stereocenters. The molecule has 0 aliphatic rings. The molecular weight excluding hydrogens is 412 g/mol. The van der Waals surface area contributed by atoms with Gasteiger partial charge in [0.05, 0.1) is 28.2 Å².